The second-order valence-electron chi connectivity index (χ2n) is 8.46. The van der Waals surface area contributed by atoms with E-state index in [1.54, 1.807) is 12.2 Å². The Morgan fingerprint density at radius 2 is 1.53 bits per heavy atom. The summed E-state index contributed by atoms with van der Waals surface area (Å²) >= 11 is 5.98. The van der Waals surface area contributed by atoms with Crippen LogP contribution in [0.2, 0.25) is 0 Å². The third kappa shape index (κ3) is 4.64. The molecule has 0 aromatic heterocycles. The molecular weight excluding hydrogens is 493 g/mol. The first-order valence-corrected chi connectivity index (χ1v) is 11.7. The molecule has 0 unspecified atom stereocenters. The first kappa shape index (κ1) is 25.2. The van der Waals surface area contributed by atoms with E-state index >= 15 is 0 Å². The van der Waals surface area contributed by atoms with Crippen molar-refractivity contribution in [3.63, 3.8) is 0 Å². The van der Waals surface area contributed by atoms with Crippen molar-refractivity contribution in [2.75, 3.05) is 5.88 Å². The number of alkyl halides is 1. The number of carbonyl (C=O) groups is 4. The average Bonchev–Trinajstić information content (AvgIpc) is 3.13. The molecule has 3 atom stereocenters. The predicted molar refractivity (Wildman–Crippen MR) is 126 cm³/mol. The number of halogens is 2. The van der Waals surface area contributed by atoms with Gasteiger partial charge in [-0.3, -0.25) is 29.3 Å². The lowest BCUT2D eigenvalue weighted by Gasteiger charge is -2.36. The summed E-state index contributed by atoms with van der Waals surface area (Å²) in [5, 5.41) is 12.6. The smallest absolute Gasteiger partial charge is 0.273 e. The number of rotatable bonds is 8. The van der Waals surface area contributed by atoms with Crippen molar-refractivity contribution >= 4 is 40.8 Å². The highest BCUT2D eigenvalue weighted by Gasteiger charge is 2.53. The second kappa shape index (κ2) is 10.4. The molecule has 1 saturated heterocycles. The molecule has 0 radical (unpaired) electrons. The number of nitrogens with zero attached hydrogens (tertiary/aromatic N) is 3. The minimum absolute atomic E-state index is 0.0613. The van der Waals surface area contributed by atoms with Gasteiger partial charge in [-0.2, -0.15) is 5.01 Å². The van der Waals surface area contributed by atoms with E-state index in [0.717, 1.165) is 34.3 Å². The number of carbonyl (C=O) groups excluding carboxylic acids is 4. The fraction of sp³-hybridized carbons (Fsp3) is 0.280. The van der Waals surface area contributed by atoms with Crippen molar-refractivity contribution in [1.29, 1.82) is 0 Å². The number of benzene rings is 2. The number of fused-ring (bicyclic) bond motifs is 1. The van der Waals surface area contributed by atoms with Gasteiger partial charge in [0.25, 0.3) is 23.4 Å². The molecule has 1 aliphatic heterocycles. The van der Waals surface area contributed by atoms with Gasteiger partial charge in [-0.15, -0.1) is 11.6 Å². The predicted octanol–water partition coefficient (Wildman–Crippen LogP) is 3.92. The number of nitro groups is 1. The fourth-order valence-electron chi connectivity index (χ4n) is 4.50. The van der Waals surface area contributed by atoms with E-state index in [-0.39, 0.29) is 29.1 Å². The van der Waals surface area contributed by atoms with E-state index in [4.69, 9.17) is 11.6 Å². The molecule has 2 aromatic rings. The Hall–Kier alpha value is -3.92. The van der Waals surface area contributed by atoms with Gasteiger partial charge in [0, 0.05) is 29.1 Å². The molecule has 0 bridgehead atoms. The zero-order valence-corrected chi connectivity index (χ0v) is 19.6. The number of imide groups is 1. The molecule has 11 heteroatoms. The number of amides is 3. The molecule has 0 spiro atoms. The molecule has 36 heavy (non-hydrogen) atoms. The summed E-state index contributed by atoms with van der Waals surface area (Å²) in [5.74, 6) is -4.75. The Bertz CT molecular complexity index is 1220. The maximum atomic E-state index is 13.8. The first-order chi connectivity index (χ1) is 17.2. The van der Waals surface area contributed by atoms with E-state index in [9.17, 15) is 33.7 Å². The number of Topliss-reactive ketones (excluding diaryl/α,β-unsaturated/α-hetero) is 1. The van der Waals surface area contributed by atoms with Crippen LogP contribution in [0.15, 0.2) is 60.7 Å². The topological polar surface area (TPSA) is 118 Å². The lowest BCUT2D eigenvalue weighted by molar-refractivity contribution is -0.384. The van der Waals surface area contributed by atoms with Gasteiger partial charge in [0.05, 0.1) is 16.8 Å². The van der Waals surface area contributed by atoms with Gasteiger partial charge < -0.3 is 0 Å². The molecule has 186 valence electrons. The molecule has 1 heterocycles. The summed E-state index contributed by atoms with van der Waals surface area (Å²) in [5.41, 5.74) is -0.268. The number of non-ortho nitro benzene ring substituents is 1. The second-order valence-corrected chi connectivity index (χ2v) is 8.84. The molecular formula is C25H21ClFN3O6. The van der Waals surface area contributed by atoms with Crippen LogP contribution < -0.4 is 0 Å². The number of hydrogen-bond donors (Lipinski definition) is 0. The van der Waals surface area contributed by atoms with E-state index in [1.165, 1.54) is 24.3 Å². The highest BCUT2D eigenvalue weighted by molar-refractivity contribution is 6.18. The van der Waals surface area contributed by atoms with Crippen LogP contribution in [0.25, 0.3) is 0 Å². The van der Waals surface area contributed by atoms with Gasteiger partial charge in [-0.1, -0.05) is 12.2 Å². The molecule has 2 aromatic carbocycles. The lowest BCUT2D eigenvalue weighted by atomic mass is 9.85. The number of hydrazine groups is 1. The first-order valence-electron chi connectivity index (χ1n) is 11.2. The quantitative estimate of drug-likeness (QED) is 0.132. The van der Waals surface area contributed by atoms with Gasteiger partial charge in [0.15, 0.2) is 5.78 Å². The number of nitro benzene ring substituents is 1. The minimum atomic E-state index is -1.36. The van der Waals surface area contributed by atoms with Crippen molar-refractivity contribution in [1.82, 2.24) is 10.0 Å². The van der Waals surface area contributed by atoms with Crippen LogP contribution in [0.4, 0.5) is 10.1 Å². The molecule has 3 amide bonds. The Labute approximate surface area is 210 Å². The van der Waals surface area contributed by atoms with E-state index in [1.807, 2.05) is 0 Å². The summed E-state index contributed by atoms with van der Waals surface area (Å²) in [4.78, 5) is 64.4. The Kier molecular flexibility index (Phi) is 7.25. The van der Waals surface area contributed by atoms with E-state index in [0.29, 0.717) is 12.8 Å². The fourth-order valence-corrected chi connectivity index (χ4v) is 4.71. The standard InChI is InChI=1S/C25H21ClFN3O6/c26-14-13-21(22(31)15-5-9-17(27)10-6-15)28(23(32)16-7-11-18(12-8-16)30(35)36)29-24(33)19-3-1-2-4-20(19)25(29)34/h1-2,5-12,19-21H,3-4,13-14H2/t19-,20+,21-/m0/s1. The molecule has 2 aliphatic rings. The Morgan fingerprint density at radius 1 is 1.00 bits per heavy atom. The van der Waals surface area contributed by atoms with Crippen LogP contribution >= 0.6 is 11.6 Å². The van der Waals surface area contributed by atoms with Gasteiger partial charge in [0.1, 0.15) is 11.9 Å². The van der Waals surface area contributed by atoms with Crippen LogP contribution in [0.3, 0.4) is 0 Å². The van der Waals surface area contributed by atoms with Crippen LogP contribution in [0, 0.1) is 27.8 Å². The number of hydrogen-bond acceptors (Lipinski definition) is 6. The molecule has 4 rings (SSSR count). The molecule has 0 saturated carbocycles. The Balaban J connectivity index is 1.80. The molecule has 1 fully saturated rings. The zero-order valence-electron chi connectivity index (χ0n) is 18.9. The maximum Gasteiger partial charge on any atom is 0.273 e. The van der Waals surface area contributed by atoms with Crippen LogP contribution in [0.1, 0.15) is 40.0 Å². The van der Waals surface area contributed by atoms with Crippen molar-refractivity contribution < 1.29 is 28.5 Å². The average molecular weight is 514 g/mol. The third-order valence-corrected chi connectivity index (χ3v) is 6.56. The van der Waals surface area contributed by atoms with Gasteiger partial charge in [-0.05, 0) is 55.7 Å². The number of ketones is 1. The highest BCUT2D eigenvalue weighted by Crippen LogP contribution is 2.37. The molecule has 9 nitrogen and oxygen atoms in total. The largest absolute Gasteiger partial charge is 0.292 e. The van der Waals surface area contributed by atoms with Crippen molar-refractivity contribution in [3.8, 4) is 0 Å². The van der Waals surface area contributed by atoms with Gasteiger partial charge in [0.2, 0.25) is 0 Å². The van der Waals surface area contributed by atoms with E-state index < -0.39 is 52.1 Å². The van der Waals surface area contributed by atoms with Crippen molar-refractivity contribution in [2.45, 2.75) is 25.3 Å². The summed E-state index contributed by atoms with van der Waals surface area (Å²) in [6.07, 6.45) is 4.10. The third-order valence-electron chi connectivity index (χ3n) is 6.34. The normalized spacial score (nSPS) is 19.7. The summed E-state index contributed by atoms with van der Waals surface area (Å²) in [6, 6.07) is 7.88. The van der Waals surface area contributed by atoms with Gasteiger partial charge >= 0.3 is 0 Å². The highest BCUT2D eigenvalue weighted by atomic mass is 35.5. The van der Waals surface area contributed by atoms with Gasteiger partial charge in [-0.25, -0.2) is 9.40 Å². The SMILES string of the molecule is O=C(c1ccc(F)cc1)[C@H](CCCl)N(C(=O)c1ccc([N+](=O)[O-])cc1)N1C(=O)[C@H]2CC=CC[C@H]2C1=O. The minimum Gasteiger partial charge on any atom is -0.292 e. The van der Waals surface area contributed by atoms with Crippen molar-refractivity contribution in [2.24, 2.45) is 11.8 Å². The maximum absolute atomic E-state index is 13.8. The molecule has 1 aliphatic carbocycles. The zero-order chi connectivity index (χ0) is 26.0. The Morgan fingerprint density at radius 3 is 2.03 bits per heavy atom. The monoisotopic (exact) mass is 513 g/mol. The summed E-state index contributed by atoms with van der Waals surface area (Å²) in [6.45, 7) is 0. The van der Waals surface area contributed by atoms with Crippen LogP contribution in [0.5, 0.6) is 0 Å². The van der Waals surface area contributed by atoms with Crippen LogP contribution in [-0.2, 0) is 9.59 Å². The lowest BCUT2D eigenvalue weighted by Crippen LogP contribution is -2.57. The van der Waals surface area contributed by atoms with E-state index in [2.05, 4.69) is 0 Å². The summed E-state index contributed by atoms with van der Waals surface area (Å²) < 4.78 is 13.5. The summed E-state index contributed by atoms with van der Waals surface area (Å²) in [7, 11) is 0. The molecule has 0 N–H and O–H groups in total. The van der Waals surface area contributed by atoms with Crippen molar-refractivity contribution in [3.05, 3.63) is 87.7 Å². The number of allylic oxidation sites excluding steroid dienone is 2. The van der Waals surface area contributed by atoms with Crippen LogP contribution in [-0.4, -0.2) is 50.4 Å².